The van der Waals surface area contributed by atoms with Crippen molar-refractivity contribution in [2.45, 2.75) is 41.5 Å². The Morgan fingerprint density at radius 1 is 0.750 bits per heavy atom. The van der Waals surface area contributed by atoms with Crippen LogP contribution in [-0.2, 0) is 27.2 Å². The molecule has 0 aromatic carbocycles. The van der Waals surface area contributed by atoms with Gasteiger partial charge in [0.05, 0.1) is 41.9 Å². The molecule has 0 radical (unpaired) electrons. The molecule has 0 saturated heterocycles. The molecular weight excluding hydrogens is 438 g/mol. The Kier molecular flexibility index (Phi) is 8.68. The Balaban J connectivity index is 2.59. The van der Waals surface area contributed by atoms with Gasteiger partial charge in [0.1, 0.15) is 0 Å². The van der Waals surface area contributed by atoms with Crippen molar-refractivity contribution in [2.24, 2.45) is 0 Å². The molecule has 6 nitrogen and oxygen atoms in total. The van der Waals surface area contributed by atoms with Crippen LogP contribution in [0.3, 0.4) is 0 Å². The summed E-state index contributed by atoms with van der Waals surface area (Å²) >= 11 is 2.98. The van der Waals surface area contributed by atoms with Crippen molar-refractivity contribution in [3.05, 3.63) is 21.9 Å². The Labute approximate surface area is 175 Å². The van der Waals surface area contributed by atoms with Crippen LogP contribution in [0.4, 0.5) is 0 Å². The summed E-state index contributed by atoms with van der Waals surface area (Å²) < 4.78 is 48.7. The molecule has 0 fully saturated rings. The third-order valence-electron chi connectivity index (χ3n) is 3.74. The average molecular weight is 466 g/mol. The topological polar surface area (TPSA) is 71.1 Å². The van der Waals surface area contributed by atoms with E-state index in [0.717, 1.165) is 19.5 Å². The van der Waals surface area contributed by atoms with E-state index in [1.54, 1.807) is 27.7 Å². The molecule has 0 atom stereocenters. The maximum absolute atomic E-state index is 13.4. The molecule has 0 spiro atoms. The lowest BCUT2D eigenvalue weighted by molar-refractivity contribution is 0.229. The van der Waals surface area contributed by atoms with E-state index in [-0.39, 0.29) is 26.4 Å². The van der Waals surface area contributed by atoms with Gasteiger partial charge in [-0.3, -0.25) is 9.13 Å². The Bertz CT molecular complexity index is 869. The second-order valence-corrected chi connectivity index (χ2v) is 12.3. The van der Waals surface area contributed by atoms with Crippen LogP contribution in [0.5, 0.6) is 0 Å². The molecule has 0 aliphatic heterocycles. The van der Waals surface area contributed by atoms with E-state index >= 15 is 0 Å². The molecule has 2 heterocycles. The van der Waals surface area contributed by atoms with E-state index in [1.807, 2.05) is 26.0 Å². The van der Waals surface area contributed by atoms with Gasteiger partial charge in [-0.1, -0.05) is 0 Å². The van der Waals surface area contributed by atoms with E-state index in [2.05, 4.69) is 0 Å². The van der Waals surface area contributed by atoms with Gasteiger partial charge in [-0.15, -0.1) is 22.7 Å². The third-order valence-corrected chi connectivity index (χ3v) is 10.7. The van der Waals surface area contributed by atoms with Gasteiger partial charge in [0, 0.05) is 14.6 Å². The maximum atomic E-state index is 13.4. The zero-order valence-electron chi connectivity index (χ0n) is 17.1. The minimum atomic E-state index is -3.44. The maximum Gasteiger partial charge on any atom is 0.362 e. The second-order valence-electron chi connectivity index (χ2n) is 5.79. The van der Waals surface area contributed by atoms with E-state index in [4.69, 9.17) is 18.1 Å². The molecule has 0 N–H and O–H groups in total. The highest BCUT2D eigenvalue weighted by Crippen LogP contribution is 2.54. The molecule has 28 heavy (non-hydrogen) atoms. The van der Waals surface area contributed by atoms with Gasteiger partial charge in [0.25, 0.3) is 0 Å². The van der Waals surface area contributed by atoms with Gasteiger partial charge in [0.2, 0.25) is 0 Å². The Hall–Kier alpha value is -0.300. The summed E-state index contributed by atoms with van der Waals surface area (Å²) in [5.74, 6) is 0. The van der Waals surface area contributed by atoms with E-state index < -0.39 is 15.2 Å². The number of thiophene rings is 2. The van der Waals surface area contributed by atoms with Crippen LogP contribution in [0, 0.1) is 13.8 Å². The monoisotopic (exact) mass is 466 g/mol. The molecule has 0 aliphatic carbocycles. The van der Waals surface area contributed by atoms with E-state index in [1.165, 1.54) is 22.7 Å². The van der Waals surface area contributed by atoms with Crippen LogP contribution in [0.25, 0.3) is 9.75 Å². The van der Waals surface area contributed by atoms with Crippen LogP contribution in [0.2, 0.25) is 0 Å². The highest BCUT2D eigenvalue weighted by Gasteiger charge is 2.35. The molecule has 2 rings (SSSR count). The molecule has 158 valence electrons. The second kappa shape index (κ2) is 10.1. The van der Waals surface area contributed by atoms with Crippen molar-refractivity contribution in [1.82, 2.24) is 0 Å². The van der Waals surface area contributed by atoms with Crippen molar-refractivity contribution in [1.29, 1.82) is 0 Å². The highest BCUT2D eigenvalue weighted by molar-refractivity contribution is 7.64. The summed E-state index contributed by atoms with van der Waals surface area (Å²) in [6.45, 7) is 12.1. The first-order chi connectivity index (χ1) is 13.2. The molecule has 0 aliphatic rings. The van der Waals surface area contributed by atoms with Crippen LogP contribution in [-0.4, -0.2) is 26.4 Å². The minimum absolute atomic E-state index is 0.282. The molecule has 0 unspecified atom stereocenters. The Morgan fingerprint density at radius 2 is 1.21 bits per heavy atom. The first-order valence-corrected chi connectivity index (χ1v) is 14.0. The molecule has 2 aromatic heterocycles. The fraction of sp³-hybridized carbons (Fsp3) is 0.556. The number of rotatable bonds is 11. The largest absolute Gasteiger partial charge is 0.362 e. The fourth-order valence-corrected chi connectivity index (χ4v) is 9.37. The van der Waals surface area contributed by atoms with E-state index in [0.29, 0.717) is 10.6 Å². The van der Waals surface area contributed by atoms with Crippen molar-refractivity contribution in [3.8, 4) is 9.75 Å². The zero-order chi connectivity index (χ0) is 20.9. The van der Waals surface area contributed by atoms with Crippen LogP contribution in [0.1, 0.15) is 37.4 Å². The van der Waals surface area contributed by atoms with Crippen LogP contribution < -0.4 is 10.6 Å². The number of hydrogen-bond donors (Lipinski definition) is 0. The molecule has 0 amide bonds. The van der Waals surface area contributed by atoms with Crippen molar-refractivity contribution in [3.63, 3.8) is 0 Å². The summed E-state index contributed by atoms with van der Waals surface area (Å²) in [7, 11) is -6.84. The Morgan fingerprint density at radius 3 is 1.68 bits per heavy atom. The van der Waals surface area contributed by atoms with Gasteiger partial charge in [-0.25, -0.2) is 0 Å². The molecule has 2 aromatic rings. The summed E-state index contributed by atoms with van der Waals surface area (Å²) in [4.78, 5) is 3.50. The molecule has 0 bridgehead atoms. The summed E-state index contributed by atoms with van der Waals surface area (Å²) in [5.41, 5.74) is 0. The number of aryl methyl sites for hydroxylation is 2. The SMILES string of the molecule is CCOP(=O)(OCC)c1cc(-c2sc(C)cc2P(=O)(OCC)OCC)sc1C. The van der Waals surface area contributed by atoms with E-state index in [9.17, 15) is 9.13 Å². The number of hydrogen-bond acceptors (Lipinski definition) is 8. The quantitative estimate of drug-likeness (QED) is 0.386. The van der Waals surface area contributed by atoms with Gasteiger partial charge < -0.3 is 18.1 Å². The smallest absolute Gasteiger partial charge is 0.305 e. The predicted octanol–water partition coefficient (Wildman–Crippen LogP) is 5.88. The molecule has 0 saturated carbocycles. The van der Waals surface area contributed by atoms with Crippen molar-refractivity contribution in [2.75, 3.05) is 26.4 Å². The molecule has 10 heteroatoms. The normalized spacial score (nSPS) is 12.6. The zero-order valence-corrected chi connectivity index (χ0v) is 20.6. The van der Waals surface area contributed by atoms with Crippen LogP contribution in [0.15, 0.2) is 12.1 Å². The van der Waals surface area contributed by atoms with Gasteiger partial charge in [0.15, 0.2) is 0 Å². The summed E-state index contributed by atoms with van der Waals surface area (Å²) in [6, 6.07) is 3.68. The van der Waals surface area contributed by atoms with Gasteiger partial charge >= 0.3 is 15.2 Å². The first-order valence-electron chi connectivity index (χ1n) is 9.25. The third kappa shape index (κ3) is 5.05. The molecular formula is C18H28O6P2S2. The lowest BCUT2D eigenvalue weighted by atomic mass is 10.3. The van der Waals surface area contributed by atoms with Crippen LogP contribution >= 0.6 is 37.9 Å². The van der Waals surface area contributed by atoms with Gasteiger partial charge in [-0.05, 0) is 53.7 Å². The van der Waals surface area contributed by atoms with Crippen molar-refractivity contribution < 1.29 is 27.2 Å². The predicted molar refractivity (Wildman–Crippen MR) is 118 cm³/mol. The summed E-state index contributed by atoms with van der Waals surface area (Å²) in [6.07, 6.45) is 0. The first kappa shape index (κ1) is 24.0. The van der Waals surface area contributed by atoms with Crippen molar-refractivity contribution >= 4 is 48.5 Å². The fourth-order valence-electron chi connectivity index (χ4n) is 2.77. The average Bonchev–Trinajstić information content (AvgIpc) is 3.19. The lowest BCUT2D eigenvalue weighted by Gasteiger charge is -2.17. The highest BCUT2D eigenvalue weighted by atomic mass is 32.1. The van der Waals surface area contributed by atoms with Gasteiger partial charge in [-0.2, -0.15) is 0 Å². The summed E-state index contributed by atoms with van der Waals surface area (Å²) in [5, 5.41) is 1.10. The standard InChI is InChI=1S/C18H28O6P2S2/c1-7-21-25(19,22-8-2)15-12-17(28-14(15)6)18-16(11-13(5)27-18)26(20,23-9-3)24-10-4/h11-12H,7-10H2,1-6H3. The lowest BCUT2D eigenvalue weighted by Crippen LogP contribution is -2.12. The minimum Gasteiger partial charge on any atom is -0.305 e.